The van der Waals surface area contributed by atoms with Gasteiger partial charge in [-0.15, -0.1) is 0 Å². The van der Waals surface area contributed by atoms with E-state index in [0.29, 0.717) is 17.5 Å². The molecule has 2 aromatic rings. The van der Waals surface area contributed by atoms with Crippen molar-refractivity contribution in [3.05, 3.63) is 41.5 Å². The number of rotatable bonds is 6. The molecule has 1 aromatic carbocycles. The maximum absolute atomic E-state index is 12.2. The van der Waals surface area contributed by atoms with Crippen LogP contribution in [0.2, 0.25) is 0 Å². The van der Waals surface area contributed by atoms with Crippen LogP contribution in [0.3, 0.4) is 0 Å². The lowest BCUT2D eigenvalue weighted by atomic mass is 10.2. The fourth-order valence-corrected chi connectivity index (χ4v) is 1.79. The number of likely N-dealkylation sites (N-methyl/N-ethyl adjacent to an activating group) is 1. The van der Waals surface area contributed by atoms with E-state index in [4.69, 9.17) is 14.4 Å². The number of ether oxygens (including phenoxy) is 1. The van der Waals surface area contributed by atoms with Gasteiger partial charge in [0.1, 0.15) is 12.3 Å². The van der Waals surface area contributed by atoms with Gasteiger partial charge < -0.3 is 19.3 Å². The molecule has 2 rings (SSSR count). The summed E-state index contributed by atoms with van der Waals surface area (Å²) < 4.78 is 10.4. The molecule has 0 radical (unpaired) electrons. The van der Waals surface area contributed by atoms with E-state index >= 15 is 0 Å². The van der Waals surface area contributed by atoms with Gasteiger partial charge in [0, 0.05) is 14.0 Å². The van der Waals surface area contributed by atoms with Crippen molar-refractivity contribution in [2.75, 3.05) is 13.6 Å². The number of para-hydroxylation sites is 1. The standard InChI is InChI=1S/C14H15N3O5/c1-9-15-12(16-22-9)8-21-11-6-4-3-5-10(11)14(20)17(2)7-13(18)19/h3-6H,7-8H2,1-2H3,(H,18,19). The predicted molar refractivity (Wildman–Crippen MR) is 74.4 cm³/mol. The highest BCUT2D eigenvalue weighted by Crippen LogP contribution is 2.20. The molecule has 22 heavy (non-hydrogen) atoms. The molecule has 0 saturated carbocycles. The lowest BCUT2D eigenvalue weighted by Gasteiger charge is -2.16. The van der Waals surface area contributed by atoms with Gasteiger partial charge >= 0.3 is 5.97 Å². The first-order valence-electron chi connectivity index (χ1n) is 6.45. The molecule has 0 bridgehead atoms. The quantitative estimate of drug-likeness (QED) is 0.852. The third kappa shape index (κ3) is 3.81. The fourth-order valence-electron chi connectivity index (χ4n) is 1.79. The summed E-state index contributed by atoms with van der Waals surface area (Å²) >= 11 is 0. The Labute approximate surface area is 126 Å². The highest BCUT2D eigenvalue weighted by atomic mass is 16.5. The molecule has 0 aliphatic heterocycles. The van der Waals surface area contributed by atoms with Gasteiger partial charge in [-0.05, 0) is 12.1 Å². The molecule has 0 aliphatic carbocycles. The SMILES string of the molecule is Cc1nc(COc2ccccc2C(=O)N(C)CC(=O)O)no1. The number of hydrogen-bond donors (Lipinski definition) is 1. The number of carbonyl (C=O) groups is 2. The lowest BCUT2D eigenvalue weighted by Crippen LogP contribution is -2.32. The summed E-state index contributed by atoms with van der Waals surface area (Å²) in [4.78, 5) is 28.0. The maximum atomic E-state index is 12.2. The van der Waals surface area contributed by atoms with E-state index in [2.05, 4.69) is 10.1 Å². The molecule has 1 N–H and O–H groups in total. The zero-order valence-electron chi connectivity index (χ0n) is 12.1. The molecule has 0 unspecified atom stereocenters. The first-order chi connectivity index (χ1) is 10.5. The molecule has 1 aromatic heterocycles. The highest BCUT2D eigenvalue weighted by molar-refractivity contribution is 5.98. The number of nitrogens with zero attached hydrogens (tertiary/aromatic N) is 3. The number of aliphatic carboxylic acids is 1. The Kier molecular flexibility index (Phi) is 4.72. The van der Waals surface area contributed by atoms with Gasteiger partial charge in [0.05, 0.1) is 5.56 Å². The van der Waals surface area contributed by atoms with Crippen LogP contribution in [0.4, 0.5) is 0 Å². The van der Waals surface area contributed by atoms with Crippen LogP contribution in [0.25, 0.3) is 0 Å². The van der Waals surface area contributed by atoms with Crippen LogP contribution in [0.15, 0.2) is 28.8 Å². The van der Waals surface area contributed by atoms with Crippen LogP contribution >= 0.6 is 0 Å². The van der Waals surface area contributed by atoms with Crippen molar-refractivity contribution < 1.29 is 24.0 Å². The smallest absolute Gasteiger partial charge is 0.323 e. The first-order valence-corrected chi connectivity index (χ1v) is 6.45. The molecule has 0 aliphatic rings. The van der Waals surface area contributed by atoms with Gasteiger partial charge in [0.25, 0.3) is 5.91 Å². The van der Waals surface area contributed by atoms with E-state index in [0.717, 1.165) is 4.90 Å². The summed E-state index contributed by atoms with van der Waals surface area (Å²) in [5, 5.41) is 12.4. The molecule has 0 atom stereocenters. The number of aryl methyl sites for hydroxylation is 1. The normalized spacial score (nSPS) is 10.3. The zero-order chi connectivity index (χ0) is 16.1. The van der Waals surface area contributed by atoms with Crippen molar-refractivity contribution in [1.29, 1.82) is 0 Å². The number of aromatic nitrogens is 2. The molecular formula is C14H15N3O5. The van der Waals surface area contributed by atoms with Gasteiger partial charge in [-0.1, -0.05) is 17.3 Å². The van der Waals surface area contributed by atoms with Crippen molar-refractivity contribution in [2.24, 2.45) is 0 Å². The van der Waals surface area contributed by atoms with E-state index in [1.165, 1.54) is 7.05 Å². The molecule has 116 valence electrons. The van der Waals surface area contributed by atoms with Crippen molar-refractivity contribution in [2.45, 2.75) is 13.5 Å². The molecule has 8 nitrogen and oxygen atoms in total. The van der Waals surface area contributed by atoms with Crippen molar-refractivity contribution in [3.8, 4) is 5.75 Å². The molecule has 0 fully saturated rings. The topological polar surface area (TPSA) is 106 Å². The summed E-state index contributed by atoms with van der Waals surface area (Å²) in [7, 11) is 1.41. The number of carboxylic acids is 1. The average molecular weight is 305 g/mol. The van der Waals surface area contributed by atoms with Crippen LogP contribution < -0.4 is 4.74 Å². The number of hydrogen-bond acceptors (Lipinski definition) is 6. The molecule has 1 amide bonds. The Bertz CT molecular complexity index is 683. The Morgan fingerprint density at radius 2 is 2.09 bits per heavy atom. The van der Waals surface area contributed by atoms with E-state index in [-0.39, 0.29) is 12.2 Å². The Hall–Kier alpha value is -2.90. The van der Waals surface area contributed by atoms with Gasteiger partial charge in [-0.2, -0.15) is 4.98 Å². The Morgan fingerprint density at radius 3 is 2.73 bits per heavy atom. The monoisotopic (exact) mass is 305 g/mol. The number of carbonyl (C=O) groups excluding carboxylic acids is 1. The molecule has 0 spiro atoms. The van der Waals surface area contributed by atoms with Crippen molar-refractivity contribution >= 4 is 11.9 Å². The summed E-state index contributed by atoms with van der Waals surface area (Å²) in [5.41, 5.74) is 0.270. The van der Waals surface area contributed by atoms with Crippen LogP contribution in [-0.4, -0.2) is 45.6 Å². The van der Waals surface area contributed by atoms with Gasteiger partial charge in [-0.3, -0.25) is 9.59 Å². The Morgan fingerprint density at radius 1 is 1.36 bits per heavy atom. The average Bonchev–Trinajstić information content (AvgIpc) is 2.89. The van der Waals surface area contributed by atoms with E-state index in [9.17, 15) is 9.59 Å². The second kappa shape index (κ2) is 6.70. The number of amides is 1. The highest BCUT2D eigenvalue weighted by Gasteiger charge is 2.18. The van der Waals surface area contributed by atoms with Crippen molar-refractivity contribution in [3.63, 3.8) is 0 Å². The number of benzene rings is 1. The van der Waals surface area contributed by atoms with Crippen molar-refractivity contribution in [1.82, 2.24) is 15.0 Å². The minimum absolute atomic E-state index is 0.0459. The van der Waals surface area contributed by atoms with E-state index in [1.807, 2.05) is 0 Å². The summed E-state index contributed by atoms with van der Waals surface area (Å²) in [6.07, 6.45) is 0. The lowest BCUT2D eigenvalue weighted by molar-refractivity contribution is -0.137. The summed E-state index contributed by atoms with van der Waals surface area (Å²) in [5.74, 6) is -0.422. The van der Waals surface area contributed by atoms with Crippen LogP contribution in [0.1, 0.15) is 22.1 Å². The molecular weight excluding hydrogens is 290 g/mol. The van der Waals surface area contributed by atoms with E-state index < -0.39 is 18.4 Å². The molecule has 1 heterocycles. The van der Waals surface area contributed by atoms with Gasteiger partial charge in [0.2, 0.25) is 11.7 Å². The minimum atomic E-state index is -1.09. The van der Waals surface area contributed by atoms with Gasteiger partial charge in [0.15, 0.2) is 6.61 Å². The predicted octanol–water partition coefficient (Wildman–Crippen LogP) is 1.11. The summed E-state index contributed by atoms with van der Waals surface area (Å²) in [6.45, 7) is 1.32. The maximum Gasteiger partial charge on any atom is 0.323 e. The van der Waals surface area contributed by atoms with Crippen LogP contribution in [0.5, 0.6) is 5.75 Å². The second-order valence-electron chi connectivity index (χ2n) is 4.57. The Balaban J connectivity index is 2.12. The summed E-state index contributed by atoms with van der Waals surface area (Å²) in [6, 6.07) is 6.57. The van der Waals surface area contributed by atoms with Gasteiger partial charge in [-0.25, -0.2) is 0 Å². The van der Waals surface area contributed by atoms with E-state index in [1.54, 1.807) is 31.2 Å². The zero-order valence-corrected chi connectivity index (χ0v) is 12.1. The fraction of sp³-hybridized carbons (Fsp3) is 0.286. The minimum Gasteiger partial charge on any atom is -0.485 e. The molecule has 8 heteroatoms. The molecule has 0 saturated heterocycles. The third-order valence-corrected chi connectivity index (χ3v) is 2.76. The first kappa shape index (κ1) is 15.5. The third-order valence-electron chi connectivity index (χ3n) is 2.76. The van der Waals surface area contributed by atoms with Crippen LogP contribution in [0, 0.1) is 6.92 Å². The van der Waals surface area contributed by atoms with Crippen LogP contribution in [-0.2, 0) is 11.4 Å². The largest absolute Gasteiger partial charge is 0.485 e. The second-order valence-corrected chi connectivity index (χ2v) is 4.57. The number of carboxylic acid groups (broad SMARTS) is 1.